The van der Waals surface area contributed by atoms with Gasteiger partial charge in [0.15, 0.2) is 0 Å². The molecule has 0 saturated heterocycles. The molecule has 3 aromatic rings. The van der Waals surface area contributed by atoms with Gasteiger partial charge >= 0.3 is 0 Å². The minimum atomic E-state index is 0.915. The van der Waals surface area contributed by atoms with Crippen LogP contribution in [0.3, 0.4) is 0 Å². The van der Waals surface area contributed by atoms with E-state index in [-0.39, 0.29) is 0 Å². The van der Waals surface area contributed by atoms with E-state index < -0.39 is 0 Å². The zero-order valence-electron chi connectivity index (χ0n) is 9.46. The van der Waals surface area contributed by atoms with Gasteiger partial charge in [-0.2, -0.15) is 0 Å². The number of hydrogen-bond acceptors (Lipinski definition) is 6. The van der Waals surface area contributed by atoms with Gasteiger partial charge in [-0.1, -0.05) is 12.1 Å². The second-order valence-electron chi connectivity index (χ2n) is 3.14. The van der Waals surface area contributed by atoms with Crippen molar-refractivity contribution in [3.8, 4) is 11.4 Å². The molecule has 6 nitrogen and oxygen atoms in total. The largest absolute Gasteiger partial charge is 0.255 e. The lowest BCUT2D eigenvalue weighted by Gasteiger charge is -1.96. The highest BCUT2D eigenvalue weighted by atomic mass is 15.4. The lowest BCUT2D eigenvalue weighted by molar-refractivity contribution is 0.761. The van der Waals surface area contributed by atoms with Crippen LogP contribution in [-0.2, 0) is 0 Å². The number of pyridine rings is 2. The van der Waals surface area contributed by atoms with Crippen molar-refractivity contribution >= 4 is 0 Å². The molecule has 0 radical (unpaired) electrons. The van der Waals surface area contributed by atoms with Gasteiger partial charge < -0.3 is 0 Å². The van der Waals surface area contributed by atoms with Crippen LogP contribution < -0.4 is 0 Å². The maximum absolute atomic E-state index is 4.19. The molecule has 3 aromatic heterocycles. The highest BCUT2D eigenvalue weighted by molar-refractivity contribution is 5.52. The molecule has 0 aromatic carbocycles. The van der Waals surface area contributed by atoms with Crippen LogP contribution >= 0.6 is 0 Å². The number of nitrogens with zero attached hydrogens (tertiary/aromatic N) is 6. The van der Waals surface area contributed by atoms with Crippen LogP contribution in [0.15, 0.2) is 61.2 Å². The molecule has 88 valence electrons. The van der Waals surface area contributed by atoms with Crippen molar-refractivity contribution in [1.29, 1.82) is 0 Å². The highest BCUT2D eigenvalue weighted by Crippen LogP contribution is 2.10. The third-order valence-electron chi connectivity index (χ3n) is 1.94. The molecule has 0 spiro atoms. The van der Waals surface area contributed by atoms with E-state index >= 15 is 0 Å². The maximum atomic E-state index is 4.19. The molecule has 0 bridgehead atoms. The molecule has 0 saturated carbocycles. The minimum Gasteiger partial charge on any atom is -0.255 e. The third-order valence-corrected chi connectivity index (χ3v) is 1.94. The van der Waals surface area contributed by atoms with E-state index in [9.17, 15) is 0 Å². The maximum Gasteiger partial charge on any atom is 0.0886 e. The van der Waals surface area contributed by atoms with Crippen molar-refractivity contribution in [1.82, 2.24) is 30.6 Å². The van der Waals surface area contributed by atoms with Gasteiger partial charge in [-0.05, 0) is 34.7 Å². The van der Waals surface area contributed by atoms with Crippen molar-refractivity contribution in [2.75, 3.05) is 0 Å². The summed E-state index contributed by atoms with van der Waals surface area (Å²) in [5.74, 6) is 0. The van der Waals surface area contributed by atoms with Gasteiger partial charge in [0.1, 0.15) is 0 Å². The number of hydrogen-bond donors (Lipinski definition) is 0. The van der Waals surface area contributed by atoms with E-state index in [0.29, 0.717) is 0 Å². The summed E-state index contributed by atoms with van der Waals surface area (Å²) in [4.78, 5) is 8.37. The van der Waals surface area contributed by atoms with Gasteiger partial charge in [0.05, 0.1) is 23.8 Å². The van der Waals surface area contributed by atoms with E-state index in [1.54, 1.807) is 12.4 Å². The SMILES string of the molecule is c1ccc(-c2ccccn2)nc1.c1cnnnn1. The molecule has 0 atom stereocenters. The van der Waals surface area contributed by atoms with Crippen molar-refractivity contribution in [3.05, 3.63) is 61.2 Å². The van der Waals surface area contributed by atoms with Crippen LogP contribution in [0.2, 0.25) is 0 Å². The third kappa shape index (κ3) is 3.67. The summed E-state index contributed by atoms with van der Waals surface area (Å²) in [6.45, 7) is 0. The first-order chi connectivity index (χ1) is 8.97. The predicted molar refractivity (Wildman–Crippen MR) is 65.1 cm³/mol. The zero-order valence-corrected chi connectivity index (χ0v) is 9.46. The van der Waals surface area contributed by atoms with Crippen molar-refractivity contribution in [2.24, 2.45) is 0 Å². The first-order valence-electron chi connectivity index (χ1n) is 5.24. The molecule has 0 fully saturated rings. The molecule has 0 aliphatic heterocycles. The Bertz CT molecular complexity index is 479. The molecule has 3 rings (SSSR count). The van der Waals surface area contributed by atoms with Crippen LogP contribution in [0.5, 0.6) is 0 Å². The molecule has 0 N–H and O–H groups in total. The normalized spacial score (nSPS) is 9.11. The Balaban J connectivity index is 0.000000169. The summed E-state index contributed by atoms with van der Waals surface area (Å²) in [6.07, 6.45) is 6.47. The van der Waals surface area contributed by atoms with Crippen LogP contribution in [0, 0.1) is 0 Å². The van der Waals surface area contributed by atoms with E-state index in [4.69, 9.17) is 0 Å². The Hall–Kier alpha value is -2.76. The quantitative estimate of drug-likeness (QED) is 0.638. The molecule has 0 aliphatic rings. The molecule has 18 heavy (non-hydrogen) atoms. The van der Waals surface area contributed by atoms with E-state index in [1.165, 1.54) is 12.4 Å². The fraction of sp³-hybridized carbons (Fsp3) is 0. The molecule has 0 aliphatic carbocycles. The van der Waals surface area contributed by atoms with Crippen LogP contribution in [0.25, 0.3) is 11.4 Å². The van der Waals surface area contributed by atoms with Gasteiger partial charge in [-0.3, -0.25) is 9.97 Å². The monoisotopic (exact) mass is 238 g/mol. The second kappa shape index (κ2) is 6.74. The summed E-state index contributed by atoms with van der Waals surface area (Å²) >= 11 is 0. The van der Waals surface area contributed by atoms with Gasteiger partial charge in [0.25, 0.3) is 0 Å². The smallest absolute Gasteiger partial charge is 0.0886 e. The first kappa shape index (κ1) is 11.7. The number of aromatic nitrogens is 6. The molecule has 0 unspecified atom stereocenters. The molecule has 0 amide bonds. The Morgan fingerprint density at radius 2 is 1.06 bits per heavy atom. The molecular formula is C12H10N6. The molecule has 6 heteroatoms. The standard InChI is InChI=1S/C10H8N2.C2H2N4/c1-3-7-11-9(5-1)10-6-2-4-8-12-10;1-2-4-6-5-3-1/h1-8H;1-2H. The van der Waals surface area contributed by atoms with Gasteiger partial charge in [-0.15, -0.1) is 10.2 Å². The average molecular weight is 238 g/mol. The predicted octanol–water partition coefficient (Wildman–Crippen LogP) is 1.41. The molecular weight excluding hydrogens is 228 g/mol. The fourth-order valence-corrected chi connectivity index (χ4v) is 1.19. The summed E-state index contributed by atoms with van der Waals surface area (Å²) in [7, 11) is 0. The summed E-state index contributed by atoms with van der Waals surface area (Å²) in [5, 5.41) is 13.1. The lowest BCUT2D eigenvalue weighted by atomic mass is 10.2. The molecule has 3 heterocycles. The Morgan fingerprint density at radius 3 is 1.33 bits per heavy atom. The average Bonchev–Trinajstić information content (AvgIpc) is 2.51. The number of rotatable bonds is 1. The highest BCUT2D eigenvalue weighted by Gasteiger charge is 1.95. The zero-order chi connectivity index (χ0) is 12.5. The Labute approximate surface area is 104 Å². The summed E-state index contributed by atoms with van der Waals surface area (Å²) in [6, 6.07) is 11.6. The van der Waals surface area contributed by atoms with Gasteiger partial charge in [0, 0.05) is 12.4 Å². The Morgan fingerprint density at radius 1 is 0.556 bits per heavy atom. The topological polar surface area (TPSA) is 77.3 Å². The lowest BCUT2D eigenvalue weighted by Crippen LogP contribution is -1.84. The van der Waals surface area contributed by atoms with Crippen molar-refractivity contribution < 1.29 is 0 Å². The first-order valence-corrected chi connectivity index (χ1v) is 5.24. The second-order valence-corrected chi connectivity index (χ2v) is 3.14. The van der Waals surface area contributed by atoms with Crippen LogP contribution in [-0.4, -0.2) is 30.6 Å². The van der Waals surface area contributed by atoms with Crippen molar-refractivity contribution in [3.63, 3.8) is 0 Å². The van der Waals surface area contributed by atoms with Crippen LogP contribution in [0.4, 0.5) is 0 Å². The van der Waals surface area contributed by atoms with E-state index in [0.717, 1.165) is 11.4 Å². The van der Waals surface area contributed by atoms with Crippen molar-refractivity contribution in [2.45, 2.75) is 0 Å². The van der Waals surface area contributed by atoms with Crippen LogP contribution in [0.1, 0.15) is 0 Å². The van der Waals surface area contributed by atoms with E-state index in [2.05, 4.69) is 30.6 Å². The van der Waals surface area contributed by atoms with Gasteiger partial charge in [-0.25, -0.2) is 0 Å². The summed E-state index contributed by atoms with van der Waals surface area (Å²) in [5.41, 5.74) is 1.83. The minimum absolute atomic E-state index is 0.915. The van der Waals surface area contributed by atoms with Gasteiger partial charge in [0.2, 0.25) is 0 Å². The van der Waals surface area contributed by atoms with E-state index in [1.807, 2.05) is 36.4 Å². The summed E-state index contributed by atoms with van der Waals surface area (Å²) < 4.78 is 0. The fourth-order valence-electron chi connectivity index (χ4n) is 1.19. The Kier molecular flexibility index (Phi) is 4.39.